The highest BCUT2D eigenvalue weighted by Gasteiger charge is 2.09. The number of anilines is 1. The van der Waals surface area contributed by atoms with Crippen LogP contribution in [0.15, 0.2) is 59.7 Å². The largest absolute Gasteiger partial charge is 0.363 e. The van der Waals surface area contributed by atoms with Crippen molar-refractivity contribution in [1.29, 1.82) is 0 Å². The Morgan fingerprint density at radius 2 is 1.90 bits per heavy atom. The molecule has 0 radical (unpaired) electrons. The van der Waals surface area contributed by atoms with E-state index in [2.05, 4.69) is 39.9 Å². The number of benzene rings is 1. The Balaban J connectivity index is 1.57. The van der Waals surface area contributed by atoms with Crippen LogP contribution >= 0.6 is 0 Å². The second-order valence-electron chi connectivity index (χ2n) is 7.14. The summed E-state index contributed by atoms with van der Waals surface area (Å²) in [5.74, 6) is 2.49. The molecule has 0 saturated heterocycles. The fourth-order valence-electron chi connectivity index (χ4n) is 3.27. The Morgan fingerprint density at radius 3 is 2.73 bits per heavy atom. The van der Waals surface area contributed by atoms with Gasteiger partial charge in [-0.15, -0.1) is 10.2 Å². The number of pyridine rings is 2. The Morgan fingerprint density at radius 1 is 1.07 bits per heavy atom. The first-order valence-electron chi connectivity index (χ1n) is 10.0. The van der Waals surface area contributed by atoms with Crippen LogP contribution in [0.5, 0.6) is 0 Å². The Bertz CT molecular complexity index is 1180. The topological polar surface area (TPSA) is 82.7 Å². The van der Waals surface area contributed by atoms with Gasteiger partial charge in [-0.05, 0) is 36.8 Å². The number of guanidine groups is 1. The first-order valence-corrected chi connectivity index (χ1v) is 10.0. The lowest BCUT2D eigenvalue weighted by Crippen LogP contribution is -2.37. The van der Waals surface area contributed by atoms with E-state index in [1.165, 1.54) is 0 Å². The van der Waals surface area contributed by atoms with Gasteiger partial charge in [0.15, 0.2) is 17.4 Å². The van der Waals surface area contributed by atoms with E-state index < -0.39 is 0 Å². The number of para-hydroxylation sites is 1. The van der Waals surface area contributed by atoms with E-state index in [1.54, 1.807) is 0 Å². The Kier molecular flexibility index (Phi) is 5.74. The molecule has 1 aromatic carbocycles. The third-order valence-electron chi connectivity index (χ3n) is 4.80. The van der Waals surface area contributed by atoms with E-state index in [-0.39, 0.29) is 0 Å². The second kappa shape index (κ2) is 8.77. The standard InChI is InChI=1S/C22H26N8/c1-4-23-22(25-15-21-28-27-19-11-7-8-12-30(19)21)24-14-16-13-20(29(2)3)26-18-10-6-5-9-17(16)18/h5-13H,4,14-15H2,1-3H3,(H2,23,24,25). The number of rotatable bonds is 6. The summed E-state index contributed by atoms with van der Waals surface area (Å²) in [6.45, 7) is 3.89. The summed E-state index contributed by atoms with van der Waals surface area (Å²) in [6.07, 6.45) is 1.96. The summed E-state index contributed by atoms with van der Waals surface area (Å²) < 4.78 is 1.97. The van der Waals surface area contributed by atoms with Gasteiger partial charge in [-0.1, -0.05) is 24.3 Å². The SMILES string of the molecule is CCNC(=NCc1cc(N(C)C)nc2ccccc12)NCc1nnc2ccccn12. The van der Waals surface area contributed by atoms with Gasteiger partial charge in [-0.25, -0.2) is 9.98 Å². The normalized spacial score (nSPS) is 11.8. The molecule has 2 N–H and O–H groups in total. The van der Waals surface area contributed by atoms with Crippen molar-refractivity contribution >= 4 is 28.3 Å². The van der Waals surface area contributed by atoms with Gasteiger partial charge in [0.2, 0.25) is 0 Å². The Labute approximate surface area is 175 Å². The average Bonchev–Trinajstić information content (AvgIpc) is 3.18. The highest BCUT2D eigenvalue weighted by atomic mass is 15.3. The molecule has 154 valence electrons. The first-order chi connectivity index (χ1) is 14.7. The summed E-state index contributed by atoms with van der Waals surface area (Å²) in [7, 11) is 4.00. The minimum absolute atomic E-state index is 0.525. The molecule has 4 aromatic rings. The van der Waals surface area contributed by atoms with Gasteiger partial charge in [0, 0.05) is 32.2 Å². The van der Waals surface area contributed by atoms with Crippen LogP contribution in [0.25, 0.3) is 16.6 Å². The van der Waals surface area contributed by atoms with Crippen molar-refractivity contribution in [3.05, 3.63) is 66.1 Å². The summed E-state index contributed by atoms with van der Waals surface area (Å²) in [5, 5.41) is 16.3. The smallest absolute Gasteiger partial charge is 0.191 e. The molecule has 0 bridgehead atoms. The third-order valence-corrected chi connectivity index (χ3v) is 4.80. The molecule has 8 heteroatoms. The van der Waals surface area contributed by atoms with E-state index in [1.807, 2.05) is 66.0 Å². The van der Waals surface area contributed by atoms with Crippen molar-refractivity contribution in [1.82, 2.24) is 30.2 Å². The van der Waals surface area contributed by atoms with Crippen LogP contribution in [0.2, 0.25) is 0 Å². The first kappa shape index (κ1) is 19.6. The van der Waals surface area contributed by atoms with Gasteiger partial charge < -0.3 is 15.5 Å². The number of fused-ring (bicyclic) bond motifs is 2. The van der Waals surface area contributed by atoms with Crippen LogP contribution in [0, 0.1) is 0 Å². The maximum atomic E-state index is 4.80. The molecule has 8 nitrogen and oxygen atoms in total. The molecule has 0 spiro atoms. The highest BCUT2D eigenvalue weighted by Crippen LogP contribution is 2.22. The predicted molar refractivity (Wildman–Crippen MR) is 121 cm³/mol. The van der Waals surface area contributed by atoms with E-state index in [9.17, 15) is 0 Å². The number of aliphatic imine (C=N–C) groups is 1. The summed E-state index contributed by atoms with van der Waals surface area (Å²) >= 11 is 0. The Hall–Kier alpha value is -3.68. The third kappa shape index (κ3) is 4.17. The predicted octanol–water partition coefficient (Wildman–Crippen LogP) is 2.60. The van der Waals surface area contributed by atoms with Gasteiger partial charge in [-0.2, -0.15) is 0 Å². The zero-order chi connectivity index (χ0) is 20.9. The molecule has 0 aliphatic carbocycles. The molecular weight excluding hydrogens is 376 g/mol. The molecule has 0 fully saturated rings. The fraction of sp³-hybridized carbons (Fsp3) is 0.273. The molecule has 0 aliphatic heterocycles. The lowest BCUT2D eigenvalue weighted by Gasteiger charge is -2.15. The monoisotopic (exact) mass is 402 g/mol. The molecule has 4 rings (SSSR count). The molecule has 0 saturated carbocycles. The second-order valence-corrected chi connectivity index (χ2v) is 7.14. The van der Waals surface area contributed by atoms with Crippen LogP contribution in [0.1, 0.15) is 18.3 Å². The molecule has 0 aliphatic rings. The van der Waals surface area contributed by atoms with Gasteiger partial charge in [0.25, 0.3) is 0 Å². The number of nitrogens with one attached hydrogen (secondary N) is 2. The minimum atomic E-state index is 0.525. The van der Waals surface area contributed by atoms with Crippen molar-refractivity contribution in [2.45, 2.75) is 20.0 Å². The van der Waals surface area contributed by atoms with Gasteiger partial charge in [0.1, 0.15) is 5.82 Å². The molecule has 3 aromatic heterocycles. The van der Waals surface area contributed by atoms with Crippen molar-refractivity contribution < 1.29 is 0 Å². The van der Waals surface area contributed by atoms with E-state index in [4.69, 9.17) is 9.98 Å². The molecule has 0 atom stereocenters. The van der Waals surface area contributed by atoms with Crippen LogP contribution < -0.4 is 15.5 Å². The molecule has 0 unspecified atom stereocenters. The van der Waals surface area contributed by atoms with Crippen molar-refractivity contribution in [3.63, 3.8) is 0 Å². The lowest BCUT2D eigenvalue weighted by molar-refractivity contribution is 0.765. The zero-order valence-electron chi connectivity index (χ0n) is 17.5. The molecular formula is C22H26N8. The minimum Gasteiger partial charge on any atom is -0.363 e. The van der Waals surface area contributed by atoms with Gasteiger partial charge in [-0.3, -0.25) is 4.40 Å². The van der Waals surface area contributed by atoms with Gasteiger partial charge >= 0.3 is 0 Å². The maximum Gasteiger partial charge on any atom is 0.191 e. The van der Waals surface area contributed by atoms with E-state index in [0.29, 0.717) is 13.1 Å². The van der Waals surface area contributed by atoms with Crippen molar-refractivity contribution in [2.75, 3.05) is 25.5 Å². The van der Waals surface area contributed by atoms with Crippen molar-refractivity contribution in [3.8, 4) is 0 Å². The van der Waals surface area contributed by atoms with Crippen LogP contribution in [0.4, 0.5) is 5.82 Å². The van der Waals surface area contributed by atoms with Crippen LogP contribution in [0.3, 0.4) is 0 Å². The number of hydrogen-bond donors (Lipinski definition) is 2. The van der Waals surface area contributed by atoms with Crippen molar-refractivity contribution in [2.24, 2.45) is 4.99 Å². The van der Waals surface area contributed by atoms with Gasteiger partial charge in [0.05, 0.1) is 18.6 Å². The molecule has 3 heterocycles. The molecule has 0 amide bonds. The number of hydrogen-bond acceptors (Lipinski definition) is 5. The summed E-state index contributed by atoms with van der Waals surface area (Å²) in [5.41, 5.74) is 2.94. The van der Waals surface area contributed by atoms with E-state index in [0.717, 1.165) is 46.3 Å². The number of nitrogens with zero attached hydrogens (tertiary/aromatic N) is 6. The molecule has 30 heavy (non-hydrogen) atoms. The lowest BCUT2D eigenvalue weighted by atomic mass is 10.1. The fourth-order valence-corrected chi connectivity index (χ4v) is 3.27. The van der Waals surface area contributed by atoms with Crippen LogP contribution in [-0.2, 0) is 13.1 Å². The average molecular weight is 403 g/mol. The van der Waals surface area contributed by atoms with E-state index >= 15 is 0 Å². The zero-order valence-corrected chi connectivity index (χ0v) is 17.5. The highest BCUT2D eigenvalue weighted by molar-refractivity contribution is 5.85. The number of aromatic nitrogens is 4. The summed E-state index contributed by atoms with van der Waals surface area (Å²) in [4.78, 5) is 11.5. The van der Waals surface area contributed by atoms with Crippen LogP contribution in [-0.4, -0.2) is 46.2 Å². The summed E-state index contributed by atoms with van der Waals surface area (Å²) in [6, 6.07) is 16.1. The quantitative estimate of drug-likeness (QED) is 0.381. The maximum absolute atomic E-state index is 4.80.